The number of anilines is 1. The van der Waals surface area contributed by atoms with Crippen molar-refractivity contribution in [2.24, 2.45) is 0 Å². The fourth-order valence-electron chi connectivity index (χ4n) is 2.28. The molecule has 0 amide bonds. The third-order valence-electron chi connectivity index (χ3n) is 3.14. The predicted octanol–water partition coefficient (Wildman–Crippen LogP) is 1.32. The number of rotatable bonds is 5. The van der Waals surface area contributed by atoms with Crippen LogP contribution >= 0.6 is 0 Å². The number of nitriles is 1. The number of hydrogen-bond donors (Lipinski definition) is 1. The quantitative estimate of drug-likeness (QED) is 0.847. The zero-order chi connectivity index (χ0) is 12.8. The standard InChI is InChI=1S/C13H19N5/c1-2-8-18(10-12-4-3-6-15-12)13-16-7-5-11(9-14)17-13/h5,7,12,15H,2-4,6,8,10H2,1H3. The van der Waals surface area contributed by atoms with Gasteiger partial charge in [-0.3, -0.25) is 0 Å². The molecular weight excluding hydrogens is 226 g/mol. The summed E-state index contributed by atoms with van der Waals surface area (Å²) in [6, 6.07) is 4.22. The highest BCUT2D eigenvalue weighted by molar-refractivity contribution is 5.33. The van der Waals surface area contributed by atoms with E-state index in [2.05, 4.69) is 33.2 Å². The first-order valence-electron chi connectivity index (χ1n) is 6.55. The van der Waals surface area contributed by atoms with Crippen molar-refractivity contribution < 1.29 is 0 Å². The van der Waals surface area contributed by atoms with Gasteiger partial charge in [0.05, 0.1) is 0 Å². The normalized spacial score (nSPS) is 18.6. The van der Waals surface area contributed by atoms with Crippen LogP contribution in [0.15, 0.2) is 12.3 Å². The lowest BCUT2D eigenvalue weighted by atomic mass is 10.2. The highest BCUT2D eigenvalue weighted by Gasteiger charge is 2.19. The van der Waals surface area contributed by atoms with Crippen molar-refractivity contribution >= 4 is 5.95 Å². The summed E-state index contributed by atoms with van der Waals surface area (Å²) in [6.45, 7) is 5.09. The van der Waals surface area contributed by atoms with Crippen LogP contribution in [0.5, 0.6) is 0 Å². The molecule has 0 bridgehead atoms. The van der Waals surface area contributed by atoms with Crippen molar-refractivity contribution in [3.8, 4) is 6.07 Å². The molecule has 18 heavy (non-hydrogen) atoms. The molecule has 1 unspecified atom stereocenters. The van der Waals surface area contributed by atoms with E-state index in [-0.39, 0.29) is 0 Å². The first-order valence-corrected chi connectivity index (χ1v) is 6.55. The number of hydrogen-bond acceptors (Lipinski definition) is 5. The first-order chi connectivity index (χ1) is 8.83. The van der Waals surface area contributed by atoms with Gasteiger partial charge >= 0.3 is 0 Å². The first kappa shape index (κ1) is 12.8. The Balaban J connectivity index is 2.09. The van der Waals surface area contributed by atoms with Gasteiger partial charge in [-0.2, -0.15) is 5.26 Å². The third kappa shape index (κ3) is 3.17. The second-order valence-corrected chi connectivity index (χ2v) is 4.59. The Morgan fingerprint density at radius 3 is 3.17 bits per heavy atom. The summed E-state index contributed by atoms with van der Waals surface area (Å²) in [5, 5.41) is 12.4. The monoisotopic (exact) mass is 245 g/mol. The van der Waals surface area contributed by atoms with E-state index < -0.39 is 0 Å². The maximum absolute atomic E-state index is 8.89. The van der Waals surface area contributed by atoms with Crippen LogP contribution in [0.1, 0.15) is 31.9 Å². The van der Waals surface area contributed by atoms with E-state index in [4.69, 9.17) is 5.26 Å². The Hall–Kier alpha value is -1.67. The molecule has 2 rings (SSSR count). The average Bonchev–Trinajstić information content (AvgIpc) is 2.91. The molecule has 1 fully saturated rings. The fraction of sp³-hybridized carbons (Fsp3) is 0.615. The van der Waals surface area contributed by atoms with Crippen molar-refractivity contribution in [1.29, 1.82) is 5.26 Å². The molecule has 1 aliphatic rings. The lowest BCUT2D eigenvalue weighted by Gasteiger charge is -2.25. The van der Waals surface area contributed by atoms with E-state index in [1.807, 2.05) is 0 Å². The molecular formula is C13H19N5. The van der Waals surface area contributed by atoms with Crippen LogP contribution in [0.2, 0.25) is 0 Å². The van der Waals surface area contributed by atoms with Crippen LogP contribution in [0, 0.1) is 11.3 Å². The fourth-order valence-corrected chi connectivity index (χ4v) is 2.28. The minimum atomic E-state index is 0.431. The molecule has 0 aliphatic carbocycles. The highest BCUT2D eigenvalue weighted by Crippen LogP contribution is 2.13. The summed E-state index contributed by atoms with van der Waals surface area (Å²) in [5.74, 6) is 0.671. The van der Waals surface area contributed by atoms with Gasteiger partial charge in [-0.25, -0.2) is 9.97 Å². The molecule has 0 spiro atoms. The van der Waals surface area contributed by atoms with E-state index >= 15 is 0 Å². The summed E-state index contributed by atoms with van der Waals surface area (Å²) < 4.78 is 0. The minimum Gasteiger partial charge on any atom is -0.339 e. The van der Waals surface area contributed by atoms with Crippen LogP contribution in [-0.4, -0.2) is 35.6 Å². The Morgan fingerprint density at radius 1 is 1.61 bits per heavy atom. The molecule has 0 aromatic carbocycles. The molecule has 5 nitrogen and oxygen atoms in total. The Morgan fingerprint density at radius 2 is 2.50 bits per heavy atom. The molecule has 0 saturated carbocycles. The van der Waals surface area contributed by atoms with Gasteiger partial charge in [-0.05, 0) is 31.9 Å². The topological polar surface area (TPSA) is 64.8 Å². The minimum absolute atomic E-state index is 0.431. The lowest BCUT2D eigenvalue weighted by molar-refractivity contribution is 0.571. The van der Waals surface area contributed by atoms with Crippen LogP contribution < -0.4 is 10.2 Å². The van der Waals surface area contributed by atoms with Crippen LogP contribution in [-0.2, 0) is 0 Å². The van der Waals surface area contributed by atoms with Gasteiger partial charge < -0.3 is 10.2 Å². The molecule has 1 aromatic rings. The van der Waals surface area contributed by atoms with Crippen molar-refractivity contribution in [1.82, 2.24) is 15.3 Å². The Bertz CT molecular complexity index is 420. The number of aromatic nitrogens is 2. The summed E-state index contributed by atoms with van der Waals surface area (Å²) in [5.41, 5.74) is 0.431. The largest absolute Gasteiger partial charge is 0.339 e. The number of nitrogens with one attached hydrogen (secondary N) is 1. The highest BCUT2D eigenvalue weighted by atomic mass is 15.3. The molecule has 1 saturated heterocycles. The maximum atomic E-state index is 8.89. The van der Waals surface area contributed by atoms with Crippen LogP contribution in [0.25, 0.3) is 0 Å². The predicted molar refractivity (Wildman–Crippen MR) is 70.3 cm³/mol. The van der Waals surface area contributed by atoms with E-state index in [9.17, 15) is 0 Å². The van der Waals surface area contributed by atoms with Crippen molar-refractivity contribution in [3.05, 3.63) is 18.0 Å². The van der Waals surface area contributed by atoms with E-state index in [0.717, 1.165) is 26.1 Å². The molecule has 1 aromatic heterocycles. The van der Waals surface area contributed by atoms with Gasteiger partial charge in [0, 0.05) is 25.3 Å². The second kappa shape index (κ2) is 6.31. The third-order valence-corrected chi connectivity index (χ3v) is 3.14. The molecule has 1 atom stereocenters. The van der Waals surface area contributed by atoms with E-state index in [0.29, 0.717) is 17.7 Å². The molecule has 2 heterocycles. The SMILES string of the molecule is CCCN(CC1CCCN1)c1nccc(C#N)n1. The van der Waals surface area contributed by atoms with Crippen LogP contribution in [0.4, 0.5) is 5.95 Å². The van der Waals surface area contributed by atoms with Gasteiger partial charge in [-0.1, -0.05) is 6.92 Å². The molecule has 1 N–H and O–H groups in total. The van der Waals surface area contributed by atoms with Crippen LogP contribution in [0.3, 0.4) is 0 Å². The Kier molecular flexibility index (Phi) is 4.48. The molecule has 0 radical (unpaired) electrons. The molecule has 96 valence electrons. The summed E-state index contributed by atoms with van der Waals surface area (Å²) >= 11 is 0. The van der Waals surface area contributed by atoms with E-state index in [1.54, 1.807) is 12.3 Å². The summed E-state index contributed by atoms with van der Waals surface area (Å²) in [6.07, 6.45) is 5.15. The Labute approximate surface area is 108 Å². The lowest BCUT2D eigenvalue weighted by Crippen LogP contribution is -2.39. The van der Waals surface area contributed by atoms with Gasteiger partial charge in [0.2, 0.25) is 5.95 Å². The van der Waals surface area contributed by atoms with Gasteiger partial charge in [0.25, 0.3) is 0 Å². The van der Waals surface area contributed by atoms with Crippen molar-refractivity contribution in [3.63, 3.8) is 0 Å². The average molecular weight is 245 g/mol. The smallest absolute Gasteiger partial charge is 0.226 e. The van der Waals surface area contributed by atoms with Crippen molar-refractivity contribution in [2.45, 2.75) is 32.2 Å². The summed E-state index contributed by atoms with van der Waals surface area (Å²) in [7, 11) is 0. The second-order valence-electron chi connectivity index (χ2n) is 4.59. The number of nitrogens with zero attached hydrogens (tertiary/aromatic N) is 4. The zero-order valence-electron chi connectivity index (χ0n) is 10.8. The van der Waals surface area contributed by atoms with Gasteiger partial charge in [0.1, 0.15) is 11.8 Å². The maximum Gasteiger partial charge on any atom is 0.226 e. The summed E-state index contributed by atoms with van der Waals surface area (Å²) in [4.78, 5) is 10.7. The van der Waals surface area contributed by atoms with E-state index in [1.165, 1.54) is 12.8 Å². The van der Waals surface area contributed by atoms with Gasteiger partial charge in [-0.15, -0.1) is 0 Å². The molecule has 5 heteroatoms. The van der Waals surface area contributed by atoms with Gasteiger partial charge in [0.15, 0.2) is 0 Å². The van der Waals surface area contributed by atoms with Crippen molar-refractivity contribution in [2.75, 3.05) is 24.5 Å². The molecule has 1 aliphatic heterocycles. The zero-order valence-corrected chi connectivity index (χ0v) is 10.8.